The van der Waals surface area contributed by atoms with E-state index in [0.29, 0.717) is 48.6 Å². The van der Waals surface area contributed by atoms with Gasteiger partial charge in [-0.05, 0) is 30.2 Å². The van der Waals surface area contributed by atoms with Crippen molar-refractivity contribution in [3.8, 4) is 33.9 Å². The number of hydrogen-bond donors (Lipinski definition) is 1. The molecule has 184 valence electrons. The zero-order valence-electron chi connectivity index (χ0n) is 18.7. The minimum atomic E-state index is -4.89. The SMILES string of the molecule is COCCCOc1cc2c(cc1-c1ccccc1OC(F)(F)F)-c1cc(=O)c(C(=O)O)cn1CC2. The van der Waals surface area contributed by atoms with Gasteiger partial charge in [0.1, 0.15) is 17.1 Å². The fourth-order valence-electron chi connectivity index (χ4n) is 4.08. The molecule has 0 aliphatic carbocycles. The number of fused-ring (bicyclic) bond motifs is 3. The Kier molecular flexibility index (Phi) is 6.83. The highest BCUT2D eigenvalue weighted by molar-refractivity contribution is 5.88. The molecule has 1 N–H and O–H groups in total. The molecule has 2 heterocycles. The first kappa shape index (κ1) is 24.3. The summed E-state index contributed by atoms with van der Waals surface area (Å²) >= 11 is 0. The molecule has 0 saturated heterocycles. The van der Waals surface area contributed by atoms with Crippen LogP contribution in [0.25, 0.3) is 22.4 Å². The van der Waals surface area contributed by atoms with E-state index in [2.05, 4.69) is 4.74 Å². The van der Waals surface area contributed by atoms with Gasteiger partial charge in [-0.1, -0.05) is 18.2 Å². The van der Waals surface area contributed by atoms with Gasteiger partial charge in [0, 0.05) is 55.6 Å². The standard InChI is InChI=1S/C25H22F3NO6/c1-33-9-4-10-34-23-11-15-7-8-29-14-19(24(31)32)21(30)13-20(29)17(15)12-18(23)16-5-2-3-6-22(16)35-25(26,27)28/h2-3,5-6,11-14H,4,7-10H2,1H3,(H,31,32). The van der Waals surface area contributed by atoms with Crippen LogP contribution in [0, 0.1) is 0 Å². The molecular weight excluding hydrogens is 467 g/mol. The topological polar surface area (TPSA) is 87.0 Å². The van der Waals surface area contributed by atoms with Gasteiger partial charge in [-0.15, -0.1) is 13.2 Å². The summed E-state index contributed by atoms with van der Waals surface area (Å²) in [5.74, 6) is -1.35. The first-order chi connectivity index (χ1) is 16.7. The monoisotopic (exact) mass is 489 g/mol. The van der Waals surface area contributed by atoms with Gasteiger partial charge in [-0.3, -0.25) is 4.79 Å². The third-order valence-corrected chi connectivity index (χ3v) is 5.61. The van der Waals surface area contributed by atoms with Gasteiger partial charge in [0.05, 0.1) is 12.3 Å². The van der Waals surface area contributed by atoms with E-state index in [4.69, 9.17) is 9.47 Å². The smallest absolute Gasteiger partial charge is 0.493 e. The van der Waals surface area contributed by atoms with Crippen LogP contribution in [0.15, 0.2) is 53.5 Å². The maximum Gasteiger partial charge on any atom is 0.573 e. The largest absolute Gasteiger partial charge is 0.573 e. The molecule has 1 aromatic heterocycles. The van der Waals surface area contributed by atoms with E-state index in [1.54, 1.807) is 29.9 Å². The van der Waals surface area contributed by atoms with Crippen LogP contribution in [0.2, 0.25) is 0 Å². The Balaban J connectivity index is 1.87. The lowest BCUT2D eigenvalue weighted by atomic mass is 9.91. The molecule has 1 aliphatic heterocycles. The molecule has 0 fully saturated rings. The van der Waals surface area contributed by atoms with Crippen molar-refractivity contribution in [2.24, 2.45) is 0 Å². The number of alkyl halides is 3. The molecule has 0 spiro atoms. The summed E-state index contributed by atoms with van der Waals surface area (Å²) in [5.41, 5.74) is 1.42. The summed E-state index contributed by atoms with van der Waals surface area (Å²) in [4.78, 5) is 23.8. The number of para-hydroxylation sites is 1. The van der Waals surface area contributed by atoms with Gasteiger partial charge < -0.3 is 23.9 Å². The average molecular weight is 489 g/mol. The Hall–Kier alpha value is -3.79. The van der Waals surface area contributed by atoms with Gasteiger partial charge >= 0.3 is 12.3 Å². The number of aromatic carboxylic acids is 1. The quantitative estimate of drug-likeness (QED) is 0.460. The third kappa shape index (κ3) is 5.32. The van der Waals surface area contributed by atoms with Gasteiger partial charge in [0.2, 0.25) is 0 Å². The maximum atomic E-state index is 13.1. The van der Waals surface area contributed by atoms with Crippen LogP contribution in [-0.2, 0) is 17.7 Å². The second-order valence-corrected chi connectivity index (χ2v) is 7.93. The highest BCUT2D eigenvalue weighted by atomic mass is 19.4. The number of carboxylic acid groups (broad SMARTS) is 1. The van der Waals surface area contributed by atoms with E-state index in [1.807, 2.05) is 0 Å². The molecule has 1 aliphatic rings. The van der Waals surface area contributed by atoms with E-state index in [-0.39, 0.29) is 17.7 Å². The summed E-state index contributed by atoms with van der Waals surface area (Å²) in [6.45, 7) is 1.16. The number of rotatable bonds is 8. The highest BCUT2D eigenvalue weighted by Crippen LogP contribution is 2.43. The Morgan fingerprint density at radius 1 is 1.06 bits per heavy atom. The van der Waals surface area contributed by atoms with Crippen LogP contribution >= 0.6 is 0 Å². The molecule has 0 saturated carbocycles. The Morgan fingerprint density at radius 2 is 1.83 bits per heavy atom. The normalized spacial score (nSPS) is 12.6. The van der Waals surface area contributed by atoms with Crippen molar-refractivity contribution >= 4 is 5.97 Å². The Morgan fingerprint density at radius 3 is 2.54 bits per heavy atom. The molecule has 3 aromatic rings. The van der Waals surface area contributed by atoms with Crippen molar-refractivity contribution in [1.82, 2.24) is 4.57 Å². The van der Waals surface area contributed by atoms with Gasteiger partial charge in [0.25, 0.3) is 0 Å². The summed E-state index contributed by atoms with van der Waals surface area (Å²) in [6, 6.07) is 10.4. The number of nitrogens with zero attached hydrogens (tertiary/aromatic N) is 1. The van der Waals surface area contributed by atoms with E-state index < -0.39 is 23.5 Å². The summed E-state index contributed by atoms with van der Waals surface area (Å²) in [7, 11) is 1.56. The van der Waals surface area contributed by atoms with Crippen LogP contribution in [0.1, 0.15) is 22.3 Å². The molecule has 7 nitrogen and oxygen atoms in total. The summed E-state index contributed by atoms with van der Waals surface area (Å²) < 4.78 is 56.2. The minimum Gasteiger partial charge on any atom is -0.493 e. The first-order valence-corrected chi connectivity index (χ1v) is 10.8. The van der Waals surface area contributed by atoms with Gasteiger partial charge in [-0.2, -0.15) is 0 Å². The number of aryl methyl sites for hydroxylation is 2. The number of pyridine rings is 1. The fraction of sp³-hybridized carbons (Fsp3) is 0.280. The second-order valence-electron chi connectivity index (χ2n) is 7.93. The third-order valence-electron chi connectivity index (χ3n) is 5.61. The van der Waals surface area contributed by atoms with Crippen LogP contribution in [-0.4, -0.2) is 42.3 Å². The lowest BCUT2D eigenvalue weighted by Crippen LogP contribution is -2.22. The van der Waals surface area contributed by atoms with Crippen LogP contribution in [0.3, 0.4) is 0 Å². The Bertz CT molecular complexity index is 1320. The lowest BCUT2D eigenvalue weighted by molar-refractivity contribution is -0.274. The molecular formula is C25H22F3NO6. The molecule has 2 aromatic carbocycles. The van der Waals surface area contributed by atoms with Crippen LogP contribution < -0.4 is 14.9 Å². The van der Waals surface area contributed by atoms with Crippen LogP contribution in [0.4, 0.5) is 13.2 Å². The van der Waals surface area contributed by atoms with Crippen molar-refractivity contribution < 1.29 is 37.3 Å². The number of benzene rings is 2. The predicted octanol–water partition coefficient (Wildman–Crippen LogP) is 4.75. The first-order valence-electron chi connectivity index (χ1n) is 10.8. The average Bonchev–Trinajstić information content (AvgIpc) is 2.80. The number of carbonyl (C=O) groups is 1. The lowest BCUT2D eigenvalue weighted by Gasteiger charge is -2.25. The summed E-state index contributed by atoms with van der Waals surface area (Å²) in [6.07, 6.45) is -2.51. The molecule has 0 atom stereocenters. The van der Waals surface area contributed by atoms with Gasteiger partial charge in [-0.25, -0.2) is 4.79 Å². The van der Waals surface area contributed by atoms with Crippen molar-refractivity contribution in [3.63, 3.8) is 0 Å². The number of ether oxygens (including phenoxy) is 3. The highest BCUT2D eigenvalue weighted by Gasteiger charge is 2.33. The van der Waals surface area contributed by atoms with E-state index in [9.17, 15) is 27.9 Å². The van der Waals surface area contributed by atoms with Crippen molar-refractivity contribution in [2.45, 2.75) is 25.7 Å². The second kappa shape index (κ2) is 9.83. The molecule has 10 heteroatoms. The molecule has 0 radical (unpaired) electrons. The maximum absolute atomic E-state index is 13.1. The predicted molar refractivity (Wildman–Crippen MR) is 121 cm³/mol. The van der Waals surface area contributed by atoms with E-state index in [1.165, 1.54) is 30.5 Å². The number of halogens is 3. The number of aromatic nitrogens is 1. The van der Waals surface area contributed by atoms with Crippen molar-refractivity contribution in [1.29, 1.82) is 0 Å². The molecule has 0 bridgehead atoms. The minimum absolute atomic E-state index is 0.163. The number of hydrogen-bond acceptors (Lipinski definition) is 5. The molecule has 0 unspecified atom stereocenters. The van der Waals surface area contributed by atoms with Crippen molar-refractivity contribution in [2.75, 3.05) is 20.3 Å². The van der Waals surface area contributed by atoms with Gasteiger partial charge in [0.15, 0.2) is 5.43 Å². The number of methoxy groups -OCH3 is 1. The molecule has 0 amide bonds. The Labute approximate surface area is 198 Å². The van der Waals surface area contributed by atoms with E-state index >= 15 is 0 Å². The fourth-order valence-corrected chi connectivity index (χ4v) is 4.08. The molecule has 35 heavy (non-hydrogen) atoms. The van der Waals surface area contributed by atoms with Crippen LogP contribution in [0.5, 0.6) is 11.5 Å². The van der Waals surface area contributed by atoms with E-state index in [0.717, 1.165) is 5.56 Å². The molecule has 4 rings (SSSR count). The van der Waals surface area contributed by atoms with Crippen molar-refractivity contribution in [3.05, 3.63) is 70.0 Å². The zero-order chi connectivity index (χ0) is 25.2. The zero-order valence-corrected chi connectivity index (χ0v) is 18.7. The number of carboxylic acids is 1. The summed E-state index contributed by atoms with van der Waals surface area (Å²) in [5, 5.41) is 9.29.